The highest BCUT2D eigenvalue weighted by molar-refractivity contribution is 6.41. The summed E-state index contributed by atoms with van der Waals surface area (Å²) in [5, 5.41) is 5.70. The average molecular weight is 373 g/mol. The van der Waals surface area contributed by atoms with E-state index in [1.807, 2.05) is 18.2 Å². The molecule has 0 N–H and O–H groups in total. The van der Waals surface area contributed by atoms with E-state index in [1.165, 1.54) is 24.1 Å². The van der Waals surface area contributed by atoms with Crippen molar-refractivity contribution < 1.29 is 4.84 Å². The van der Waals surface area contributed by atoms with Crippen LogP contribution in [0.4, 0.5) is 5.69 Å². The lowest BCUT2D eigenvalue weighted by Crippen LogP contribution is -2.48. The summed E-state index contributed by atoms with van der Waals surface area (Å²) in [7, 11) is 0. The molecule has 3 nitrogen and oxygen atoms in total. The molecule has 1 fully saturated rings. The van der Waals surface area contributed by atoms with Crippen molar-refractivity contribution in [3.05, 3.63) is 63.6 Å². The van der Waals surface area contributed by atoms with Gasteiger partial charge in [0.05, 0.1) is 21.3 Å². The Bertz CT molecular complexity index is 861. The summed E-state index contributed by atoms with van der Waals surface area (Å²) in [4.78, 5) is 8.46. The first kappa shape index (κ1) is 15.5. The zero-order chi connectivity index (χ0) is 17.0. The van der Waals surface area contributed by atoms with E-state index in [0.29, 0.717) is 16.0 Å². The number of hydrogen-bond donors (Lipinski definition) is 0. The maximum Gasteiger partial charge on any atom is 0.222 e. The standard InChI is InChI=1S/C20H18Cl2N2O/c21-15-9-6-10-16(22)18(15)19-23-25-20-12-5-1-2-8-14(20)13-7-3-4-11-17(13)24(19)20/h3-4,6-7,9-11,14H,1-2,5,8,12H2. The van der Waals surface area contributed by atoms with Crippen LogP contribution in [0, 0.1) is 0 Å². The summed E-state index contributed by atoms with van der Waals surface area (Å²) >= 11 is 13.0. The highest BCUT2D eigenvalue weighted by Crippen LogP contribution is 2.57. The van der Waals surface area contributed by atoms with Crippen LogP contribution in [0.1, 0.15) is 49.1 Å². The van der Waals surface area contributed by atoms with Crippen LogP contribution in [-0.4, -0.2) is 11.6 Å². The molecule has 0 bridgehead atoms. The van der Waals surface area contributed by atoms with Crippen molar-refractivity contribution in [2.24, 2.45) is 5.16 Å². The minimum absolute atomic E-state index is 0.328. The third-order valence-corrected chi connectivity index (χ3v) is 6.32. The zero-order valence-electron chi connectivity index (χ0n) is 13.7. The zero-order valence-corrected chi connectivity index (χ0v) is 15.2. The van der Waals surface area contributed by atoms with E-state index < -0.39 is 5.72 Å². The average Bonchev–Trinajstić information content (AvgIpc) is 3.00. The number of hydrogen-bond acceptors (Lipinski definition) is 3. The van der Waals surface area contributed by atoms with Crippen LogP contribution in [0.3, 0.4) is 0 Å². The molecule has 5 heteroatoms. The van der Waals surface area contributed by atoms with Crippen LogP contribution in [-0.2, 0) is 4.84 Å². The van der Waals surface area contributed by atoms with Gasteiger partial charge in [-0.05, 0) is 36.6 Å². The van der Waals surface area contributed by atoms with E-state index >= 15 is 0 Å². The lowest BCUT2D eigenvalue weighted by atomic mass is 9.87. The molecule has 1 aliphatic carbocycles. The van der Waals surface area contributed by atoms with Gasteiger partial charge in [0.25, 0.3) is 0 Å². The van der Waals surface area contributed by atoms with Gasteiger partial charge in [-0.3, -0.25) is 4.90 Å². The third-order valence-electron chi connectivity index (χ3n) is 5.69. The monoisotopic (exact) mass is 372 g/mol. The van der Waals surface area contributed by atoms with Crippen LogP contribution in [0.15, 0.2) is 47.6 Å². The molecule has 3 aliphatic rings. The van der Waals surface area contributed by atoms with Crippen molar-refractivity contribution in [3.63, 3.8) is 0 Å². The summed E-state index contributed by atoms with van der Waals surface area (Å²) in [6.07, 6.45) is 5.67. The van der Waals surface area contributed by atoms with Gasteiger partial charge in [-0.15, -0.1) is 0 Å². The molecule has 0 radical (unpaired) electrons. The second kappa shape index (κ2) is 5.65. The minimum Gasteiger partial charge on any atom is -0.364 e. The number of amidine groups is 1. The van der Waals surface area contributed by atoms with Crippen LogP contribution in [0.25, 0.3) is 0 Å². The highest BCUT2D eigenvalue weighted by atomic mass is 35.5. The summed E-state index contributed by atoms with van der Waals surface area (Å²) in [6, 6.07) is 14.1. The number of rotatable bonds is 1. The summed E-state index contributed by atoms with van der Waals surface area (Å²) in [6.45, 7) is 0. The quantitative estimate of drug-likeness (QED) is 0.617. The van der Waals surface area contributed by atoms with Gasteiger partial charge in [-0.2, -0.15) is 0 Å². The maximum absolute atomic E-state index is 6.48. The Hall–Kier alpha value is -1.71. The molecule has 0 saturated heterocycles. The second-order valence-corrected chi connectivity index (χ2v) is 7.81. The first-order chi connectivity index (χ1) is 12.2. The van der Waals surface area contributed by atoms with Gasteiger partial charge >= 0.3 is 0 Å². The Morgan fingerprint density at radius 3 is 2.64 bits per heavy atom. The van der Waals surface area contributed by atoms with Crippen molar-refractivity contribution in [2.75, 3.05) is 4.90 Å². The summed E-state index contributed by atoms with van der Waals surface area (Å²) < 4.78 is 0. The Morgan fingerprint density at radius 1 is 1.00 bits per heavy atom. The van der Waals surface area contributed by atoms with E-state index in [1.54, 1.807) is 0 Å². The summed E-state index contributed by atoms with van der Waals surface area (Å²) in [5.41, 5.74) is 2.84. The molecule has 1 spiro atoms. The normalized spacial score (nSPS) is 27.0. The lowest BCUT2D eigenvalue weighted by molar-refractivity contribution is -0.0366. The van der Waals surface area contributed by atoms with E-state index in [0.717, 1.165) is 30.7 Å². The fraction of sp³-hybridized carbons (Fsp3) is 0.350. The van der Waals surface area contributed by atoms with E-state index in [9.17, 15) is 0 Å². The van der Waals surface area contributed by atoms with Gasteiger partial charge in [0, 0.05) is 12.3 Å². The van der Waals surface area contributed by atoms with Gasteiger partial charge in [0.15, 0.2) is 5.84 Å². The molecule has 1 saturated carbocycles. The first-order valence-electron chi connectivity index (χ1n) is 8.82. The van der Waals surface area contributed by atoms with E-state index in [4.69, 9.17) is 28.0 Å². The molecule has 2 atom stereocenters. The predicted octanol–water partition coefficient (Wildman–Crippen LogP) is 5.95. The van der Waals surface area contributed by atoms with E-state index in [2.05, 4.69) is 34.3 Å². The molecule has 2 unspecified atom stereocenters. The largest absolute Gasteiger partial charge is 0.364 e. The fourth-order valence-corrected chi connectivity index (χ4v) is 5.20. The van der Waals surface area contributed by atoms with Gasteiger partial charge in [0.2, 0.25) is 5.72 Å². The molecule has 2 heterocycles. The second-order valence-electron chi connectivity index (χ2n) is 6.99. The number of anilines is 1. The van der Waals surface area contributed by atoms with Crippen molar-refractivity contribution in [1.29, 1.82) is 0 Å². The smallest absolute Gasteiger partial charge is 0.222 e. The molecule has 2 aliphatic heterocycles. The Morgan fingerprint density at radius 2 is 1.80 bits per heavy atom. The first-order valence-corrected chi connectivity index (χ1v) is 9.58. The third kappa shape index (κ3) is 2.09. The van der Waals surface area contributed by atoms with Gasteiger partial charge in [0.1, 0.15) is 0 Å². The molecular weight excluding hydrogens is 355 g/mol. The van der Waals surface area contributed by atoms with Crippen molar-refractivity contribution in [3.8, 4) is 0 Å². The maximum atomic E-state index is 6.48. The SMILES string of the molecule is Clc1cccc(Cl)c1C1=NOC23CCCCCC2c2ccccc2N13. The van der Waals surface area contributed by atoms with Crippen molar-refractivity contribution in [2.45, 2.75) is 43.7 Å². The number of oxime groups is 1. The fourth-order valence-electron chi connectivity index (χ4n) is 4.63. The molecule has 5 rings (SSSR count). The number of nitrogens with zero attached hydrogens (tertiary/aromatic N) is 2. The van der Waals surface area contributed by atoms with Crippen molar-refractivity contribution in [1.82, 2.24) is 0 Å². The molecule has 2 aromatic rings. The van der Waals surface area contributed by atoms with Gasteiger partial charge in [-0.1, -0.05) is 65.5 Å². The predicted molar refractivity (Wildman–Crippen MR) is 102 cm³/mol. The van der Waals surface area contributed by atoms with Crippen LogP contribution in [0.2, 0.25) is 10.0 Å². The molecule has 0 amide bonds. The van der Waals surface area contributed by atoms with Crippen LogP contribution < -0.4 is 4.90 Å². The Balaban J connectivity index is 1.71. The molecular formula is C20H18Cl2N2O. The topological polar surface area (TPSA) is 24.8 Å². The summed E-state index contributed by atoms with van der Waals surface area (Å²) in [5.74, 6) is 1.06. The number of para-hydroxylation sites is 1. The van der Waals surface area contributed by atoms with Crippen LogP contribution >= 0.6 is 23.2 Å². The van der Waals surface area contributed by atoms with E-state index in [-0.39, 0.29) is 0 Å². The number of halogens is 2. The molecule has 2 aromatic carbocycles. The van der Waals surface area contributed by atoms with Gasteiger partial charge < -0.3 is 4.84 Å². The lowest BCUT2D eigenvalue weighted by Gasteiger charge is -2.34. The Labute approximate surface area is 157 Å². The number of benzene rings is 2. The minimum atomic E-state index is -0.433. The van der Waals surface area contributed by atoms with Crippen LogP contribution in [0.5, 0.6) is 0 Å². The Kier molecular flexibility index (Phi) is 3.51. The van der Waals surface area contributed by atoms with Gasteiger partial charge in [-0.25, -0.2) is 0 Å². The molecule has 128 valence electrons. The van der Waals surface area contributed by atoms with Crippen molar-refractivity contribution >= 4 is 34.7 Å². The highest BCUT2D eigenvalue weighted by Gasteiger charge is 2.59. The molecule has 25 heavy (non-hydrogen) atoms. The molecule has 0 aromatic heterocycles. The number of fused-ring (bicyclic) bond motifs is 3.